The second-order valence-corrected chi connectivity index (χ2v) is 6.89. The molecule has 5 N–H and O–H groups in total. The van der Waals surface area contributed by atoms with Gasteiger partial charge in [-0.15, -0.1) is 0 Å². The van der Waals surface area contributed by atoms with Crippen LogP contribution in [0.5, 0.6) is 0 Å². The van der Waals surface area contributed by atoms with Gasteiger partial charge in [-0.3, -0.25) is 14.3 Å². The molecule has 1 aliphatic heterocycles. The molecule has 1 saturated heterocycles. The Morgan fingerprint density at radius 3 is 2.65 bits per heavy atom. The highest BCUT2D eigenvalue weighted by Crippen LogP contribution is 2.32. The third-order valence-electron chi connectivity index (χ3n) is 5.00. The lowest BCUT2D eigenvalue weighted by molar-refractivity contribution is -0.145. The molecule has 0 radical (unpaired) electrons. The maximum Gasteiger partial charge on any atom is 0.328 e. The molecule has 3 aromatic rings. The molecule has 4 rings (SSSR count). The van der Waals surface area contributed by atoms with Crippen LogP contribution < -0.4 is 11.1 Å². The second kappa shape index (κ2) is 8.26. The molecule has 1 aromatic carbocycles. The molecule has 12 nitrogen and oxygen atoms in total. The number of nitrogen functional groups attached to an aromatic ring is 1. The van der Waals surface area contributed by atoms with E-state index >= 15 is 0 Å². The van der Waals surface area contributed by atoms with Crippen molar-refractivity contribution < 1.29 is 24.5 Å². The number of nitrogens with two attached hydrogens (primary N) is 1. The zero-order valence-corrected chi connectivity index (χ0v) is 16.5. The van der Waals surface area contributed by atoms with E-state index in [2.05, 4.69) is 20.3 Å². The number of nitrogens with zero attached hydrogens (tertiary/aromatic N) is 5. The Bertz CT molecular complexity index is 1110. The van der Waals surface area contributed by atoms with Gasteiger partial charge >= 0.3 is 6.03 Å². The van der Waals surface area contributed by atoms with Crippen LogP contribution in [0.1, 0.15) is 13.2 Å². The predicted molar refractivity (Wildman–Crippen MR) is 109 cm³/mol. The molecule has 0 aliphatic carbocycles. The Morgan fingerprint density at radius 1 is 1.19 bits per heavy atom. The average molecular weight is 427 g/mol. The number of aliphatic hydroxyl groups excluding tert-OH is 2. The lowest BCUT2D eigenvalue weighted by Crippen LogP contribution is -2.49. The SMILES string of the molecule is CCN(C(=O)Nc1ccccc1)C(=O)[C@H]1O[C@@H](n2cnc3c(N)ncnc32)[C@H](O)[C@@H]1O. The summed E-state index contributed by atoms with van der Waals surface area (Å²) < 4.78 is 7.03. The van der Waals surface area contributed by atoms with Gasteiger partial charge in [-0.1, -0.05) is 18.2 Å². The van der Waals surface area contributed by atoms with Gasteiger partial charge in [0.1, 0.15) is 24.1 Å². The maximum absolute atomic E-state index is 13.0. The fourth-order valence-electron chi connectivity index (χ4n) is 3.42. The highest BCUT2D eigenvalue weighted by molar-refractivity contribution is 6.03. The number of nitrogens with one attached hydrogen (secondary N) is 1. The lowest BCUT2D eigenvalue weighted by Gasteiger charge is -2.24. The van der Waals surface area contributed by atoms with E-state index in [1.807, 2.05) is 0 Å². The van der Waals surface area contributed by atoms with Crippen LogP contribution in [0.3, 0.4) is 0 Å². The number of urea groups is 1. The van der Waals surface area contributed by atoms with E-state index in [9.17, 15) is 19.8 Å². The van der Waals surface area contributed by atoms with Crippen molar-refractivity contribution in [1.82, 2.24) is 24.4 Å². The molecule has 2 aromatic heterocycles. The number of benzene rings is 1. The molecule has 0 unspecified atom stereocenters. The van der Waals surface area contributed by atoms with Crippen molar-refractivity contribution in [3.63, 3.8) is 0 Å². The van der Waals surface area contributed by atoms with Gasteiger partial charge in [0, 0.05) is 12.2 Å². The summed E-state index contributed by atoms with van der Waals surface area (Å²) in [4.78, 5) is 38.5. The van der Waals surface area contributed by atoms with Crippen LogP contribution in [0.15, 0.2) is 43.0 Å². The van der Waals surface area contributed by atoms with Gasteiger partial charge in [0.05, 0.1) is 6.33 Å². The third kappa shape index (κ3) is 3.67. The average Bonchev–Trinajstić information content (AvgIpc) is 3.31. The van der Waals surface area contributed by atoms with Crippen LogP contribution in [-0.2, 0) is 9.53 Å². The molecule has 3 amide bonds. The number of ether oxygens (including phenoxy) is 1. The molecule has 31 heavy (non-hydrogen) atoms. The summed E-state index contributed by atoms with van der Waals surface area (Å²) in [5, 5.41) is 23.6. The first kappa shape index (κ1) is 20.7. The lowest BCUT2D eigenvalue weighted by atomic mass is 10.1. The highest BCUT2D eigenvalue weighted by Gasteiger charge is 2.49. The van der Waals surface area contributed by atoms with Crippen LogP contribution in [0.4, 0.5) is 16.3 Å². The van der Waals surface area contributed by atoms with Crippen molar-refractivity contribution in [3.05, 3.63) is 43.0 Å². The zero-order valence-electron chi connectivity index (χ0n) is 16.5. The van der Waals surface area contributed by atoms with E-state index in [-0.39, 0.29) is 18.0 Å². The molecule has 4 atom stereocenters. The number of carbonyl (C=O) groups is 2. The smallest absolute Gasteiger partial charge is 0.328 e. The first-order valence-electron chi connectivity index (χ1n) is 9.54. The van der Waals surface area contributed by atoms with E-state index in [4.69, 9.17) is 10.5 Å². The van der Waals surface area contributed by atoms with E-state index in [0.29, 0.717) is 11.2 Å². The number of aliphatic hydroxyl groups is 2. The Morgan fingerprint density at radius 2 is 1.94 bits per heavy atom. The molecule has 12 heteroatoms. The van der Waals surface area contributed by atoms with E-state index in [1.165, 1.54) is 17.2 Å². The van der Waals surface area contributed by atoms with Crippen molar-refractivity contribution in [2.45, 2.75) is 31.5 Å². The Balaban J connectivity index is 1.55. The number of imidazole rings is 1. The third-order valence-corrected chi connectivity index (χ3v) is 5.00. The molecular weight excluding hydrogens is 406 g/mol. The molecule has 162 valence electrons. The first-order chi connectivity index (χ1) is 14.9. The maximum atomic E-state index is 13.0. The molecular formula is C19H21N7O5. The number of carbonyl (C=O) groups excluding carboxylic acids is 2. The van der Waals surface area contributed by atoms with E-state index < -0.39 is 36.5 Å². The van der Waals surface area contributed by atoms with Gasteiger partial charge in [-0.05, 0) is 19.1 Å². The van der Waals surface area contributed by atoms with Crippen molar-refractivity contribution in [3.8, 4) is 0 Å². The minimum absolute atomic E-state index is 0.0304. The van der Waals surface area contributed by atoms with Gasteiger partial charge in [0.25, 0.3) is 5.91 Å². The molecule has 0 saturated carbocycles. The number of likely N-dealkylation sites (N-methyl/N-ethyl adjacent to an activating group) is 1. The minimum Gasteiger partial charge on any atom is -0.387 e. The fourth-order valence-corrected chi connectivity index (χ4v) is 3.42. The summed E-state index contributed by atoms with van der Waals surface area (Å²) in [6.45, 7) is 1.64. The number of aromatic nitrogens is 4. The topological polar surface area (TPSA) is 169 Å². The monoisotopic (exact) mass is 427 g/mol. The fraction of sp³-hybridized carbons (Fsp3) is 0.316. The standard InChI is InChI=1S/C19H21N7O5/c1-2-25(19(30)24-10-6-4-3-5-7-10)17(29)14-12(27)13(28)18(31-14)26-9-23-11-15(20)21-8-22-16(11)26/h3-9,12-14,18,27-28H,2H2,1H3,(H,24,30)(H2,20,21,22)/t12-,13+,14-,18+/m0/s1. The Hall–Kier alpha value is -3.61. The van der Waals surface area contributed by atoms with Crippen LogP contribution in [-0.4, -0.2) is 71.4 Å². The van der Waals surface area contributed by atoms with Crippen LogP contribution in [0, 0.1) is 0 Å². The quantitative estimate of drug-likeness (QED) is 0.451. The number of hydrogen-bond donors (Lipinski definition) is 4. The van der Waals surface area contributed by atoms with Crippen LogP contribution in [0.25, 0.3) is 11.2 Å². The normalized spacial score (nSPS) is 23.1. The number of amides is 3. The van der Waals surface area contributed by atoms with Gasteiger partial charge < -0.3 is 26.0 Å². The zero-order chi connectivity index (χ0) is 22.1. The van der Waals surface area contributed by atoms with Gasteiger partial charge in [-0.2, -0.15) is 0 Å². The largest absolute Gasteiger partial charge is 0.387 e. The Kier molecular flexibility index (Phi) is 5.50. The number of hydrogen-bond acceptors (Lipinski definition) is 9. The summed E-state index contributed by atoms with van der Waals surface area (Å²) in [6.07, 6.45) is -3.14. The number of para-hydroxylation sites is 1. The van der Waals surface area contributed by atoms with Gasteiger partial charge in [0.2, 0.25) is 0 Å². The minimum atomic E-state index is -1.58. The van der Waals surface area contributed by atoms with E-state index in [0.717, 1.165) is 4.90 Å². The highest BCUT2D eigenvalue weighted by atomic mass is 16.6. The Labute approximate surface area is 176 Å². The molecule has 0 bridgehead atoms. The number of rotatable bonds is 4. The number of anilines is 2. The first-order valence-corrected chi connectivity index (χ1v) is 9.54. The van der Waals surface area contributed by atoms with Gasteiger partial charge in [0.15, 0.2) is 23.8 Å². The van der Waals surface area contributed by atoms with Crippen molar-refractivity contribution in [2.75, 3.05) is 17.6 Å². The summed E-state index contributed by atoms with van der Waals surface area (Å²) >= 11 is 0. The second-order valence-electron chi connectivity index (χ2n) is 6.89. The molecule has 0 spiro atoms. The summed E-state index contributed by atoms with van der Waals surface area (Å²) in [5.41, 5.74) is 6.84. The summed E-state index contributed by atoms with van der Waals surface area (Å²) in [6, 6.07) is 7.94. The van der Waals surface area contributed by atoms with Crippen LogP contribution >= 0.6 is 0 Å². The van der Waals surface area contributed by atoms with Crippen molar-refractivity contribution in [1.29, 1.82) is 0 Å². The van der Waals surface area contributed by atoms with Crippen LogP contribution in [0.2, 0.25) is 0 Å². The van der Waals surface area contributed by atoms with Crippen molar-refractivity contribution in [2.24, 2.45) is 0 Å². The molecule has 3 heterocycles. The molecule has 1 fully saturated rings. The predicted octanol–water partition coefficient (Wildman–Crippen LogP) is 0.108. The van der Waals surface area contributed by atoms with E-state index in [1.54, 1.807) is 37.3 Å². The number of fused-ring (bicyclic) bond motifs is 1. The van der Waals surface area contributed by atoms with Crippen molar-refractivity contribution >= 4 is 34.6 Å². The number of imide groups is 1. The molecule has 1 aliphatic rings. The summed E-state index contributed by atoms with van der Waals surface area (Å²) in [5.74, 6) is -0.650. The summed E-state index contributed by atoms with van der Waals surface area (Å²) in [7, 11) is 0. The van der Waals surface area contributed by atoms with Gasteiger partial charge in [-0.25, -0.2) is 19.7 Å².